The lowest BCUT2D eigenvalue weighted by Crippen LogP contribution is -2.28. The van der Waals surface area contributed by atoms with Crippen LogP contribution in [0.5, 0.6) is 0 Å². The van der Waals surface area contributed by atoms with Crippen molar-refractivity contribution in [2.45, 2.75) is 31.5 Å². The van der Waals surface area contributed by atoms with Gasteiger partial charge in [-0.1, -0.05) is 11.6 Å². The van der Waals surface area contributed by atoms with Crippen molar-refractivity contribution in [3.63, 3.8) is 0 Å². The number of pyridine rings is 2. The van der Waals surface area contributed by atoms with E-state index in [0.717, 1.165) is 30.6 Å². The van der Waals surface area contributed by atoms with E-state index in [1.807, 2.05) is 35.1 Å². The summed E-state index contributed by atoms with van der Waals surface area (Å²) in [5.74, 6) is 1.12. The maximum atomic E-state index is 10.3. The van der Waals surface area contributed by atoms with Crippen molar-refractivity contribution in [1.29, 1.82) is 0 Å². The van der Waals surface area contributed by atoms with Gasteiger partial charge in [-0.15, -0.1) is 0 Å². The van der Waals surface area contributed by atoms with Crippen molar-refractivity contribution in [3.8, 4) is 0 Å². The first-order valence-corrected chi connectivity index (χ1v) is 8.39. The molecule has 3 aromatic heterocycles. The molecule has 0 amide bonds. The molecule has 7 heteroatoms. The summed E-state index contributed by atoms with van der Waals surface area (Å²) in [6.45, 7) is 0.827. The van der Waals surface area contributed by atoms with E-state index in [0.29, 0.717) is 16.6 Å². The maximum Gasteiger partial charge on any atom is 0.161 e. The summed E-state index contributed by atoms with van der Waals surface area (Å²) in [5, 5.41) is 19.4. The summed E-state index contributed by atoms with van der Waals surface area (Å²) < 4.78 is 1.92. The van der Waals surface area contributed by atoms with Crippen molar-refractivity contribution < 1.29 is 5.11 Å². The van der Waals surface area contributed by atoms with Gasteiger partial charge in [0.1, 0.15) is 5.82 Å². The fourth-order valence-corrected chi connectivity index (χ4v) is 3.52. The van der Waals surface area contributed by atoms with Crippen LogP contribution in [0.1, 0.15) is 12.8 Å². The average molecular weight is 344 g/mol. The Kier molecular flexibility index (Phi) is 4.08. The molecular formula is C17H18ClN5O. The number of aromatic nitrogens is 4. The van der Waals surface area contributed by atoms with E-state index in [1.165, 1.54) is 0 Å². The third-order valence-corrected chi connectivity index (χ3v) is 4.68. The molecule has 1 aliphatic carbocycles. The zero-order valence-corrected chi connectivity index (χ0v) is 13.8. The maximum absolute atomic E-state index is 10.3. The first kappa shape index (κ1) is 15.4. The van der Waals surface area contributed by atoms with Gasteiger partial charge in [0, 0.05) is 30.5 Å². The average Bonchev–Trinajstić information content (AvgIpc) is 3.18. The Bertz CT molecular complexity index is 838. The molecular weight excluding hydrogens is 326 g/mol. The van der Waals surface area contributed by atoms with Crippen LogP contribution in [0, 0.1) is 5.92 Å². The zero-order valence-electron chi connectivity index (χ0n) is 13.0. The molecule has 0 aromatic carbocycles. The Morgan fingerprint density at radius 1 is 1.33 bits per heavy atom. The van der Waals surface area contributed by atoms with E-state index in [1.54, 1.807) is 12.4 Å². The highest BCUT2D eigenvalue weighted by atomic mass is 35.5. The van der Waals surface area contributed by atoms with E-state index < -0.39 is 0 Å². The summed E-state index contributed by atoms with van der Waals surface area (Å²) >= 11 is 5.94. The Morgan fingerprint density at radius 2 is 2.25 bits per heavy atom. The Labute approximate surface area is 144 Å². The molecule has 3 aromatic rings. The summed E-state index contributed by atoms with van der Waals surface area (Å²) in [7, 11) is 0. The Morgan fingerprint density at radius 3 is 3.08 bits per heavy atom. The number of hydrogen-bond acceptors (Lipinski definition) is 5. The van der Waals surface area contributed by atoms with Gasteiger partial charge in [0.05, 0.1) is 17.2 Å². The Balaban J connectivity index is 1.45. The van der Waals surface area contributed by atoms with Gasteiger partial charge in [0.2, 0.25) is 0 Å². The normalized spacial score (nSPS) is 23.7. The molecule has 2 N–H and O–H groups in total. The van der Waals surface area contributed by atoms with Gasteiger partial charge >= 0.3 is 0 Å². The predicted octanol–water partition coefficient (Wildman–Crippen LogP) is 2.73. The molecule has 3 heterocycles. The molecule has 0 spiro atoms. The lowest BCUT2D eigenvalue weighted by atomic mass is 10.1. The van der Waals surface area contributed by atoms with Gasteiger partial charge in [0.15, 0.2) is 5.65 Å². The summed E-state index contributed by atoms with van der Waals surface area (Å²) in [5.41, 5.74) is 0.643. The SMILES string of the molecule is O[C@@H]1CC(Cn2cccn2)C[C@H]1Nc1ccc2cc(Cl)cnc2n1. The number of aliphatic hydroxyl groups excluding tert-OH is 1. The lowest BCUT2D eigenvalue weighted by Gasteiger charge is -2.17. The van der Waals surface area contributed by atoms with Crippen LogP contribution in [0.2, 0.25) is 5.02 Å². The second kappa shape index (κ2) is 6.37. The fraction of sp³-hybridized carbons (Fsp3) is 0.353. The molecule has 24 heavy (non-hydrogen) atoms. The van der Waals surface area contributed by atoms with Crippen LogP contribution in [0.25, 0.3) is 11.0 Å². The smallest absolute Gasteiger partial charge is 0.161 e. The quantitative estimate of drug-likeness (QED) is 0.761. The molecule has 4 rings (SSSR count). The molecule has 6 nitrogen and oxygen atoms in total. The van der Waals surface area contributed by atoms with E-state index in [2.05, 4.69) is 20.4 Å². The summed E-state index contributed by atoms with van der Waals surface area (Å²) in [6.07, 6.45) is 6.58. The van der Waals surface area contributed by atoms with Crippen LogP contribution in [-0.4, -0.2) is 37.0 Å². The van der Waals surface area contributed by atoms with Crippen molar-refractivity contribution in [2.24, 2.45) is 5.92 Å². The monoisotopic (exact) mass is 343 g/mol. The number of fused-ring (bicyclic) bond motifs is 1. The van der Waals surface area contributed by atoms with Gasteiger partial charge in [-0.3, -0.25) is 4.68 Å². The van der Waals surface area contributed by atoms with Crippen LogP contribution in [0.3, 0.4) is 0 Å². The largest absolute Gasteiger partial charge is 0.391 e. The van der Waals surface area contributed by atoms with Crippen molar-refractivity contribution in [2.75, 3.05) is 5.32 Å². The number of nitrogens with one attached hydrogen (secondary N) is 1. The van der Waals surface area contributed by atoms with Gasteiger partial charge in [-0.05, 0) is 43.0 Å². The second-order valence-corrected chi connectivity index (χ2v) is 6.72. The highest BCUT2D eigenvalue weighted by Gasteiger charge is 2.33. The molecule has 0 saturated heterocycles. The number of nitrogens with zero attached hydrogens (tertiary/aromatic N) is 4. The predicted molar refractivity (Wildman–Crippen MR) is 92.9 cm³/mol. The minimum atomic E-state index is -0.388. The highest BCUT2D eigenvalue weighted by molar-refractivity contribution is 6.31. The van der Waals surface area contributed by atoms with Crippen molar-refractivity contribution in [3.05, 3.63) is 47.9 Å². The van der Waals surface area contributed by atoms with E-state index >= 15 is 0 Å². The fourth-order valence-electron chi connectivity index (χ4n) is 3.35. The van der Waals surface area contributed by atoms with Gasteiger partial charge in [0.25, 0.3) is 0 Å². The van der Waals surface area contributed by atoms with E-state index in [4.69, 9.17) is 11.6 Å². The molecule has 1 fully saturated rings. The molecule has 0 radical (unpaired) electrons. The van der Waals surface area contributed by atoms with Gasteiger partial charge < -0.3 is 10.4 Å². The summed E-state index contributed by atoms with van der Waals surface area (Å²) in [6, 6.07) is 7.58. The first-order valence-electron chi connectivity index (χ1n) is 8.02. The van der Waals surface area contributed by atoms with Crippen molar-refractivity contribution >= 4 is 28.5 Å². The molecule has 0 bridgehead atoms. The molecule has 0 aliphatic heterocycles. The number of hydrogen-bond donors (Lipinski definition) is 2. The molecule has 1 aliphatic rings. The van der Waals surface area contributed by atoms with E-state index in [9.17, 15) is 5.11 Å². The highest BCUT2D eigenvalue weighted by Crippen LogP contribution is 2.30. The number of aliphatic hydroxyl groups is 1. The minimum Gasteiger partial charge on any atom is -0.391 e. The second-order valence-electron chi connectivity index (χ2n) is 6.28. The third-order valence-electron chi connectivity index (χ3n) is 4.47. The molecule has 3 atom stereocenters. The number of halogens is 1. The van der Waals surface area contributed by atoms with Crippen molar-refractivity contribution in [1.82, 2.24) is 19.7 Å². The Hall–Kier alpha value is -2.18. The zero-order chi connectivity index (χ0) is 16.5. The molecule has 1 unspecified atom stereocenters. The third kappa shape index (κ3) is 3.20. The van der Waals surface area contributed by atoms with Crippen LogP contribution in [-0.2, 0) is 6.54 Å². The first-order chi connectivity index (χ1) is 11.7. The van der Waals surface area contributed by atoms with Crippen LogP contribution in [0.4, 0.5) is 5.82 Å². The van der Waals surface area contributed by atoms with E-state index in [-0.39, 0.29) is 12.1 Å². The lowest BCUT2D eigenvalue weighted by molar-refractivity contribution is 0.166. The van der Waals surface area contributed by atoms with Gasteiger partial charge in [-0.25, -0.2) is 9.97 Å². The minimum absolute atomic E-state index is 0.0113. The summed E-state index contributed by atoms with van der Waals surface area (Å²) in [4.78, 5) is 8.75. The number of rotatable bonds is 4. The van der Waals surface area contributed by atoms with Crippen LogP contribution < -0.4 is 5.32 Å². The standard InChI is InChI=1S/C17H18ClN5O/c18-13-8-12-2-3-16(22-17(12)19-9-13)21-14-6-11(7-15(14)24)10-23-5-1-4-20-23/h1-5,8-9,11,14-15,24H,6-7,10H2,(H,19,21,22)/t11?,14-,15-/m1/s1. The van der Waals surface area contributed by atoms with Crippen LogP contribution in [0.15, 0.2) is 42.9 Å². The molecule has 124 valence electrons. The van der Waals surface area contributed by atoms with Gasteiger partial charge in [-0.2, -0.15) is 5.10 Å². The topological polar surface area (TPSA) is 75.9 Å². The van der Waals surface area contributed by atoms with Crippen LogP contribution >= 0.6 is 11.6 Å². The number of anilines is 1. The molecule has 1 saturated carbocycles.